The molecule has 0 fully saturated rings. The Kier molecular flexibility index (Phi) is 4.08. The van der Waals surface area contributed by atoms with Gasteiger partial charge in [-0.2, -0.15) is 0 Å². The van der Waals surface area contributed by atoms with Crippen molar-refractivity contribution in [1.29, 1.82) is 0 Å². The van der Waals surface area contributed by atoms with Gasteiger partial charge in [0.25, 0.3) is 5.91 Å². The smallest absolute Gasteiger partial charge is 0.251 e. The predicted octanol–water partition coefficient (Wildman–Crippen LogP) is 2.94. The average molecular weight is 300 g/mol. The van der Waals surface area contributed by atoms with Crippen LogP contribution >= 0.6 is 11.3 Å². The van der Waals surface area contributed by atoms with Gasteiger partial charge in [0.05, 0.1) is 6.54 Å². The number of rotatable bonds is 3. The molecule has 2 aromatic rings. The number of nitrogens with one attached hydrogen (secondary N) is 2. The summed E-state index contributed by atoms with van der Waals surface area (Å²) in [5, 5.41) is 6.40. The summed E-state index contributed by atoms with van der Waals surface area (Å²) in [6.45, 7) is 6.64. The number of aryl methyl sites for hydroxylation is 2. The molecule has 0 spiro atoms. The molecule has 2 N–H and O–H groups in total. The van der Waals surface area contributed by atoms with E-state index < -0.39 is 0 Å². The molecule has 0 saturated heterocycles. The summed E-state index contributed by atoms with van der Waals surface area (Å²) in [7, 11) is 0. The molecule has 110 valence electrons. The maximum atomic E-state index is 12.5. The Balaban J connectivity index is 1.74. The zero-order chi connectivity index (χ0) is 14.8. The lowest BCUT2D eigenvalue weighted by molar-refractivity contribution is 0.0950. The van der Waals surface area contributed by atoms with Gasteiger partial charge >= 0.3 is 0 Å². The van der Waals surface area contributed by atoms with Gasteiger partial charge in [0.2, 0.25) is 0 Å². The first kappa shape index (κ1) is 14.3. The summed E-state index contributed by atoms with van der Waals surface area (Å²) in [4.78, 5) is 15.0. The van der Waals surface area contributed by atoms with Gasteiger partial charge in [-0.3, -0.25) is 4.79 Å². The molecule has 0 radical (unpaired) electrons. The van der Waals surface area contributed by atoms with Crippen molar-refractivity contribution >= 4 is 17.2 Å². The monoisotopic (exact) mass is 300 g/mol. The third-order valence-corrected chi connectivity index (χ3v) is 5.18. The fraction of sp³-hybridized carbons (Fsp3) is 0.353. The fourth-order valence-electron chi connectivity index (χ4n) is 2.74. The quantitative estimate of drug-likeness (QED) is 0.915. The van der Waals surface area contributed by atoms with Crippen LogP contribution in [-0.4, -0.2) is 12.5 Å². The minimum atomic E-state index is 0.0393. The van der Waals surface area contributed by atoms with Gasteiger partial charge in [-0.05, 0) is 55.6 Å². The highest BCUT2D eigenvalue weighted by Gasteiger charge is 2.17. The molecule has 2 heterocycles. The molecule has 0 unspecified atom stereocenters. The van der Waals surface area contributed by atoms with E-state index in [0.29, 0.717) is 6.54 Å². The van der Waals surface area contributed by atoms with Crippen LogP contribution in [0.2, 0.25) is 0 Å². The van der Waals surface area contributed by atoms with Gasteiger partial charge in [-0.25, -0.2) is 0 Å². The van der Waals surface area contributed by atoms with E-state index in [1.165, 1.54) is 26.4 Å². The van der Waals surface area contributed by atoms with Crippen LogP contribution in [0.4, 0.5) is 0 Å². The van der Waals surface area contributed by atoms with Gasteiger partial charge in [0.15, 0.2) is 0 Å². The van der Waals surface area contributed by atoms with Gasteiger partial charge in [-0.15, -0.1) is 11.3 Å². The summed E-state index contributed by atoms with van der Waals surface area (Å²) in [5.41, 5.74) is 4.58. The molecule has 0 atom stereocenters. The lowest BCUT2D eigenvalue weighted by Gasteiger charge is -2.19. The van der Waals surface area contributed by atoms with Crippen molar-refractivity contribution in [3.05, 3.63) is 56.3 Å². The second-order valence-electron chi connectivity index (χ2n) is 5.50. The van der Waals surface area contributed by atoms with E-state index in [2.05, 4.69) is 36.6 Å². The molecule has 4 heteroatoms. The van der Waals surface area contributed by atoms with Crippen molar-refractivity contribution in [3.63, 3.8) is 0 Å². The first-order valence-electron chi connectivity index (χ1n) is 7.31. The summed E-state index contributed by atoms with van der Waals surface area (Å²) in [6, 6.07) is 8.17. The number of fused-ring (bicyclic) bond motifs is 1. The standard InChI is InChI=1S/C17H20N2OS/c1-11-8-14(21-12(11)2)10-19-17(20)16-5-3-4-13-9-18-7-6-15(13)16/h3-5,8,18H,6-7,9-10H2,1-2H3,(H,19,20). The first-order valence-corrected chi connectivity index (χ1v) is 8.12. The van der Waals surface area contributed by atoms with Gasteiger partial charge in [-0.1, -0.05) is 12.1 Å². The molecule has 0 aliphatic carbocycles. The van der Waals surface area contributed by atoms with E-state index in [4.69, 9.17) is 0 Å². The van der Waals surface area contributed by atoms with E-state index >= 15 is 0 Å². The van der Waals surface area contributed by atoms with Crippen LogP contribution < -0.4 is 10.6 Å². The summed E-state index contributed by atoms with van der Waals surface area (Å²) in [6.07, 6.45) is 0.927. The van der Waals surface area contributed by atoms with Crippen molar-refractivity contribution in [3.8, 4) is 0 Å². The Morgan fingerprint density at radius 2 is 2.24 bits per heavy atom. The van der Waals surface area contributed by atoms with Gasteiger partial charge < -0.3 is 10.6 Å². The molecule has 1 aliphatic heterocycles. The number of amides is 1. The van der Waals surface area contributed by atoms with Crippen LogP contribution in [0.1, 0.15) is 36.8 Å². The Morgan fingerprint density at radius 3 is 3.00 bits per heavy atom. The predicted molar refractivity (Wildman–Crippen MR) is 86.8 cm³/mol. The number of carbonyl (C=O) groups excluding carboxylic acids is 1. The first-order chi connectivity index (χ1) is 10.1. The van der Waals surface area contributed by atoms with E-state index in [-0.39, 0.29) is 5.91 Å². The summed E-state index contributed by atoms with van der Waals surface area (Å²) in [5.74, 6) is 0.0393. The molecule has 1 amide bonds. The van der Waals surface area contributed by atoms with E-state index in [0.717, 1.165) is 25.1 Å². The lowest BCUT2D eigenvalue weighted by atomic mass is 9.95. The molecule has 1 aliphatic rings. The van der Waals surface area contributed by atoms with Crippen molar-refractivity contribution < 1.29 is 4.79 Å². The molecule has 0 bridgehead atoms. The number of benzene rings is 1. The van der Waals surface area contributed by atoms with Crippen molar-refractivity contribution in [2.24, 2.45) is 0 Å². The average Bonchev–Trinajstić information content (AvgIpc) is 2.83. The molecule has 21 heavy (non-hydrogen) atoms. The van der Waals surface area contributed by atoms with Gasteiger partial charge in [0.1, 0.15) is 0 Å². The molecule has 0 saturated carbocycles. The molecule has 1 aromatic heterocycles. The number of carbonyl (C=O) groups is 1. The number of hydrogen-bond donors (Lipinski definition) is 2. The second-order valence-corrected chi connectivity index (χ2v) is 6.85. The molecule has 1 aromatic carbocycles. The SMILES string of the molecule is Cc1cc(CNC(=O)c2cccc3c2CCNC3)sc1C. The highest BCUT2D eigenvalue weighted by atomic mass is 32.1. The topological polar surface area (TPSA) is 41.1 Å². The zero-order valence-corrected chi connectivity index (χ0v) is 13.3. The Bertz CT molecular complexity index is 656. The fourth-order valence-corrected chi connectivity index (χ4v) is 3.74. The van der Waals surface area contributed by atoms with Crippen LogP contribution in [-0.2, 0) is 19.5 Å². The Labute approximate surface area is 129 Å². The van der Waals surface area contributed by atoms with Crippen LogP contribution in [0.3, 0.4) is 0 Å². The second kappa shape index (κ2) is 6.00. The highest BCUT2D eigenvalue weighted by molar-refractivity contribution is 7.12. The minimum Gasteiger partial charge on any atom is -0.347 e. The molecular formula is C17H20N2OS. The maximum absolute atomic E-state index is 12.5. The normalized spacial score (nSPS) is 13.8. The van der Waals surface area contributed by atoms with Gasteiger partial charge in [0, 0.05) is 21.9 Å². The van der Waals surface area contributed by atoms with E-state index in [1.54, 1.807) is 11.3 Å². The largest absolute Gasteiger partial charge is 0.347 e. The van der Waals surface area contributed by atoms with Crippen LogP contribution in [0, 0.1) is 13.8 Å². The Hall–Kier alpha value is -1.65. The van der Waals surface area contributed by atoms with E-state index in [9.17, 15) is 4.79 Å². The minimum absolute atomic E-state index is 0.0393. The molecular weight excluding hydrogens is 280 g/mol. The van der Waals surface area contributed by atoms with Crippen molar-refractivity contribution in [1.82, 2.24) is 10.6 Å². The summed E-state index contributed by atoms with van der Waals surface area (Å²) < 4.78 is 0. The van der Waals surface area contributed by atoms with Crippen LogP contribution in [0.15, 0.2) is 24.3 Å². The number of thiophene rings is 1. The third kappa shape index (κ3) is 3.01. The number of hydrogen-bond acceptors (Lipinski definition) is 3. The van der Waals surface area contributed by atoms with E-state index in [1.807, 2.05) is 12.1 Å². The van der Waals surface area contributed by atoms with Crippen LogP contribution in [0.5, 0.6) is 0 Å². The third-order valence-electron chi connectivity index (χ3n) is 4.03. The molecule has 3 nitrogen and oxygen atoms in total. The van der Waals surface area contributed by atoms with Crippen molar-refractivity contribution in [2.75, 3.05) is 6.54 Å². The molecule has 3 rings (SSSR count). The Morgan fingerprint density at radius 1 is 1.38 bits per heavy atom. The summed E-state index contributed by atoms with van der Waals surface area (Å²) >= 11 is 1.76. The lowest BCUT2D eigenvalue weighted by Crippen LogP contribution is -2.29. The maximum Gasteiger partial charge on any atom is 0.251 e. The van der Waals surface area contributed by atoms with Crippen LogP contribution in [0.25, 0.3) is 0 Å². The zero-order valence-electron chi connectivity index (χ0n) is 12.5. The van der Waals surface area contributed by atoms with Crippen molar-refractivity contribution in [2.45, 2.75) is 33.4 Å². The highest BCUT2D eigenvalue weighted by Crippen LogP contribution is 2.21.